The van der Waals surface area contributed by atoms with Gasteiger partial charge in [-0.15, -0.1) is 0 Å². The van der Waals surface area contributed by atoms with E-state index in [0.717, 1.165) is 6.42 Å². The summed E-state index contributed by atoms with van der Waals surface area (Å²) in [6, 6.07) is 1.20. The molecular weight excluding hydrogens is 278 g/mol. The number of nitro groups is 1. The Bertz CT molecular complexity index is 549. The van der Waals surface area contributed by atoms with E-state index < -0.39 is 10.9 Å². The first-order valence-corrected chi connectivity index (χ1v) is 6.66. The SMILES string of the molecule is CCC1CN(c2ncc(C(=O)OC)cc2[N+](=O)[O-])CCO1. The second-order valence-electron chi connectivity index (χ2n) is 4.66. The molecule has 0 N–H and O–H groups in total. The Morgan fingerprint density at radius 2 is 2.43 bits per heavy atom. The first-order chi connectivity index (χ1) is 10.1. The van der Waals surface area contributed by atoms with Crippen molar-refractivity contribution in [1.82, 2.24) is 4.98 Å². The molecule has 1 aromatic heterocycles. The first kappa shape index (κ1) is 15.2. The number of morpholine rings is 1. The standard InChI is InChI=1S/C13H17N3O5/c1-3-10-8-15(4-5-21-10)12-11(16(18)19)6-9(7-14-12)13(17)20-2/h6-7,10H,3-5,8H2,1-2H3. The summed E-state index contributed by atoms with van der Waals surface area (Å²) in [6.45, 7) is 3.57. The fourth-order valence-corrected chi connectivity index (χ4v) is 2.21. The van der Waals surface area contributed by atoms with Crippen molar-refractivity contribution in [3.05, 3.63) is 27.9 Å². The van der Waals surface area contributed by atoms with Crippen molar-refractivity contribution in [2.45, 2.75) is 19.4 Å². The van der Waals surface area contributed by atoms with Crippen molar-refractivity contribution < 1.29 is 19.2 Å². The van der Waals surface area contributed by atoms with Crippen LogP contribution in [0.5, 0.6) is 0 Å². The normalized spacial score (nSPS) is 18.4. The van der Waals surface area contributed by atoms with Crippen LogP contribution in [0.1, 0.15) is 23.7 Å². The summed E-state index contributed by atoms with van der Waals surface area (Å²) in [4.78, 5) is 28.1. The highest BCUT2D eigenvalue weighted by molar-refractivity contribution is 5.90. The number of methoxy groups -OCH3 is 1. The van der Waals surface area contributed by atoms with Crippen molar-refractivity contribution in [3.8, 4) is 0 Å². The van der Waals surface area contributed by atoms with Crippen LogP contribution in [0.4, 0.5) is 11.5 Å². The van der Waals surface area contributed by atoms with Crippen molar-refractivity contribution >= 4 is 17.5 Å². The molecule has 1 unspecified atom stereocenters. The number of ether oxygens (including phenoxy) is 2. The molecule has 0 radical (unpaired) electrons. The maximum Gasteiger partial charge on any atom is 0.339 e. The highest BCUT2D eigenvalue weighted by Crippen LogP contribution is 2.28. The van der Waals surface area contributed by atoms with E-state index in [9.17, 15) is 14.9 Å². The maximum atomic E-state index is 11.5. The van der Waals surface area contributed by atoms with Crippen LogP contribution in [-0.2, 0) is 9.47 Å². The maximum absolute atomic E-state index is 11.5. The van der Waals surface area contributed by atoms with E-state index in [1.807, 2.05) is 11.8 Å². The largest absolute Gasteiger partial charge is 0.465 e. The van der Waals surface area contributed by atoms with Crippen LogP contribution in [0.2, 0.25) is 0 Å². The van der Waals surface area contributed by atoms with E-state index >= 15 is 0 Å². The molecule has 0 amide bonds. The minimum atomic E-state index is -0.648. The van der Waals surface area contributed by atoms with Gasteiger partial charge in [0.2, 0.25) is 5.82 Å². The number of carbonyl (C=O) groups is 1. The van der Waals surface area contributed by atoms with Gasteiger partial charge in [-0.05, 0) is 6.42 Å². The molecule has 0 spiro atoms. The minimum absolute atomic E-state index is 0.0282. The summed E-state index contributed by atoms with van der Waals surface area (Å²) in [5, 5.41) is 11.2. The molecule has 1 aliphatic heterocycles. The number of hydrogen-bond donors (Lipinski definition) is 0. The summed E-state index contributed by atoms with van der Waals surface area (Å²) >= 11 is 0. The zero-order chi connectivity index (χ0) is 15.4. The predicted octanol–water partition coefficient (Wildman–Crippen LogP) is 1.39. The number of pyridine rings is 1. The molecule has 1 atom stereocenters. The van der Waals surface area contributed by atoms with Crippen LogP contribution in [0.15, 0.2) is 12.3 Å². The molecule has 0 aliphatic carbocycles. The third-order valence-corrected chi connectivity index (χ3v) is 3.36. The second kappa shape index (κ2) is 6.49. The molecule has 0 saturated carbocycles. The lowest BCUT2D eigenvalue weighted by atomic mass is 10.2. The lowest BCUT2D eigenvalue weighted by Crippen LogP contribution is -2.42. The summed E-state index contributed by atoms with van der Waals surface area (Å²) in [7, 11) is 1.22. The van der Waals surface area contributed by atoms with Gasteiger partial charge in [0.15, 0.2) is 0 Å². The zero-order valence-electron chi connectivity index (χ0n) is 11.9. The molecule has 0 bridgehead atoms. The summed E-state index contributed by atoms with van der Waals surface area (Å²) in [5.74, 6) is -0.389. The van der Waals surface area contributed by atoms with Crippen LogP contribution < -0.4 is 4.90 Å². The Hall–Kier alpha value is -2.22. The van der Waals surface area contributed by atoms with E-state index in [4.69, 9.17) is 4.74 Å². The van der Waals surface area contributed by atoms with Gasteiger partial charge in [-0.3, -0.25) is 10.1 Å². The highest BCUT2D eigenvalue weighted by Gasteiger charge is 2.27. The van der Waals surface area contributed by atoms with Crippen LogP contribution >= 0.6 is 0 Å². The van der Waals surface area contributed by atoms with Gasteiger partial charge in [0.1, 0.15) is 0 Å². The van der Waals surface area contributed by atoms with Gasteiger partial charge >= 0.3 is 11.7 Å². The molecule has 8 heteroatoms. The summed E-state index contributed by atoms with van der Waals surface area (Å²) < 4.78 is 10.1. The summed E-state index contributed by atoms with van der Waals surface area (Å²) in [6.07, 6.45) is 2.15. The van der Waals surface area contributed by atoms with E-state index in [1.54, 1.807) is 0 Å². The topological polar surface area (TPSA) is 94.8 Å². The van der Waals surface area contributed by atoms with Crippen molar-refractivity contribution in [2.75, 3.05) is 31.7 Å². The predicted molar refractivity (Wildman–Crippen MR) is 74.5 cm³/mol. The number of hydrogen-bond acceptors (Lipinski definition) is 7. The molecule has 1 aromatic rings. The summed E-state index contributed by atoms with van der Waals surface area (Å²) in [5.41, 5.74) is -0.136. The van der Waals surface area contributed by atoms with Gasteiger partial charge in [0.25, 0.3) is 0 Å². The molecule has 2 heterocycles. The van der Waals surface area contributed by atoms with Crippen LogP contribution in [0.25, 0.3) is 0 Å². The lowest BCUT2D eigenvalue weighted by Gasteiger charge is -2.32. The van der Waals surface area contributed by atoms with Crippen molar-refractivity contribution in [2.24, 2.45) is 0 Å². The van der Waals surface area contributed by atoms with Gasteiger partial charge in [-0.2, -0.15) is 0 Å². The monoisotopic (exact) mass is 295 g/mol. The molecule has 0 aromatic carbocycles. The van der Waals surface area contributed by atoms with E-state index in [0.29, 0.717) is 19.7 Å². The second-order valence-corrected chi connectivity index (χ2v) is 4.66. The Morgan fingerprint density at radius 1 is 1.67 bits per heavy atom. The number of nitrogens with zero attached hydrogens (tertiary/aromatic N) is 3. The number of rotatable bonds is 4. The molecule has 1 fully saturated rings. The van der Waals surface area contributed by atoms with Gasteiger partial charge in [-0.25, -0.2) is 9.78 Å². The average Bonchev–Trinajstić information content (AvgIpc) is 2.53. The molecule has 21 heavy (non-hydrogen) atoms. The van der Waals surface area contributed by atoms with Crippen LogP contribution in [0.3, 0.4) is 0 Å². The van der Waals surface area contributed by atoms with E-state index in [-0.39, 0.29) is 23.2 Å². The molecule has 1 saturated heterocycles. The number of anilines is 1. The Kier molecular flexibility index (Phi) is 4.69. The third kappa shape index (κ3) is 3.27. The fourth-order valence-electron chi connectivity index (χ4n) is 2.21. The van der Waals surface area contributed by atoms with Gasteiger partial charge in [0, 0.05) is 25.4 Å². The van der Waals surface area contributed by atoms with Crippen molar-refractivity contribution in [3.63, 3.8) is 0 Å². The lowest BCUT2D eigenvalue weighted by molar-refractivity contribution is -0.384. The fraction of sp³-hybridized carbons (Fsp3) is 0.538. The average molecular weight is 295 g/mol. The smallest absolute Gasteiger partial charge is 0.339 e. The minimum Gasteiger partial charge on any atom is -0.465 e. The van der Waals surface area contributed by atoms with E-state index in [2.05, 4.69) is 9.72 Å². The zero-order valence-corrected chi connectivity index (χ0v) is 11.9. The molecule has 114 valence electrons. The van der Waals surface area contributed by atoms with E-state index in [1.165, 1.54) is 19.4 Å². The third-order valence-electron chi connectivity index (χ3n) is 3.36. The van der Waals surface area contributed by atoms with Crippen molar-refractivity contribution in [1.29, 1.82) is 0 Å². The van der Waals surface area contributed by atoms with Gasteiger partial charge in [-0.1, -0.05) is 6.92 Å². The molecule has 1 aliphatic rings. The number of carbonyl (C=O) groups excluding carboxylic acids is 1. The van der Waals surface area contributed by atoms with Crippen LogP contribution in [0, 0.1) is 10.1 Å². The number of esters is 1. The quantitative estimate of drug-likeness (QED) is 0.470. The Balaban J connectivity index is 2.34. The Labute approximate surface area is 121 Å². The number of aromatic nitrogens is 1. The van der Waals surface area contributed by atoms with Crippen LogP contribution in [-0.4, -0.2) is 48.8 Å². The highest BCUT2D eigenvalue weighted by atomic mass is 16.6. The molecule has 2 rings (SSSR count). The van der Waals surface area contributed by atoms with Gasteiger partial charge in [0.05, 0.1) is 30.3 Å². The first-order valence-electron chi connectivity index (χ1n) is 6.66. The molecular formula is C13H17N3O5. The van der Waals surface area contributed by atoms with Gasteiger partial charge < -0.3 is 14.4 Å². The molecule has 8 nitrogen and oxygen atoms in total. The Morgan fingerprint density at radius 3 is 3.05 bits per heavy atom.